The van der Waals surface area contributed by atoms with Crippen LogP contribution in [0.1, 0.15) is 6.42 Å². The highest BCUT2D eigenvalue weighted by molar-refractivity contribution is 6.02. The van der Waals surface area contributed by atoms with E-state index in [0.717, 1.165) is 5.57 Å². The number of ketones is 1. The van der Waals surface area contributed by atoms with Crippen LogP contribution in [0.3, 0.4) is 0 Å². The number of esters is 1. The van der Waals surface area contributed by atoms with Crippen molar-refractivity contribution in [3.05, 3.63) is 35.6 Å². The van der Waals surface area contributed by atoms with Gasteiger partial charge in [-0.05, 0) is 12.2 Å². The number of ether oxygens (including phenoxy) is 1. The standard InChI is InChI=1S/C9H6O3/c10-7-3-1-6-2-4-9(11)12-8(6)5-7/h1-3,5H,4H2. The Hall–Kier alpha value is -1.64. The molecular formula is C9H6O3. The van der Waals surface area contributed by atoms with E-state index in [1.54, 1.807) is 12.2 Å². The number of hydrogen-bond donors (Lipinski definition) is 0. The maximum Gasteiger partial charge on any atom is 0.315 e. The maximum atomic E-state index is 10.8. The number of hydrogen-bond acceptors (Lipinski definition) is 3. The highest BCUT2D eigenvalue weighted by atomic mass is 16.5. The molecule has 0 saturated heterocycles. The van der Waals surface area contributed by atoms with Crippen LogP contribution in [-0.4, -0.2) is 11.8 Å². The third-order valence-electron chi connectivity index (χ3n) is 1.70. The molecule has 0 saturated carbocycles. The van der Waals surface area contributed by atoms with E-state index >= 15 is 0 Å². The van der Waals surface area contributed by atoms with Crippen molar-refractivity contribution in [1.82, 2.24) is 0 Å². The Labute approximate surface area is 69.0 Å². The SMILES string of the molecule is O=C1C=CC2=CCC(=O)OC2=C1. The van der Waals surface area contributed by atoms with Crippen molar-refractivity contribution in [2.45, 2.75) is 6.42 Å². The van der Waals surface area contributed by atoms with Gasteiger partial charge in [-0.25, -0.2) is 0 Å². The highest BCUT2D eigenvalue weighted by Gasteiger charge is 2.18. The minimum Gasteiger partial charge on any atom is -0.426 e. The second kappa shape index (κ2) is 2.44. The molecule has 2 rings (SSSR count). The Morgan fingerprint density at radius 3 is 2.92 bits per heavy atom. The highest BCUT2D eigenvalue weighted by Crippen LogP contribution is 2.22. The largest absolute Gasteiger partial charge is 0.426 e. The van der Waals surface area contributed by atoms with Crippen molar-refractivity contribution in [3.63, 3.8) is 0 Å². The zero-order valence-electron chi connectivity index (χ0n) is 6.24. The van der Waals surface area contributed by atoms with Gasteiger partial charge in [-0.3, -0.25) is 9.59 Å². The van der Waals surface area contributed by atoms with Crippen molar-refractivity contribution < 1.29 is 14.3 Å². The monoisotopic (exact) mass is 162 g/mol. The van der Waals surface area contributed by atoms with Crippen molar-refractivity contribution >= 4 is 11.8 Å². The number of carbonyl (C=O) groups excluding carboxylic acids is 2. The molecule has 3 nitrogen and oxygen atoms in total. The third kappa shape index (κ3) is 1.09. The third-order valence-corrected chi connectivity index (χ3v) is 1.70. The van der Waals surface area contributed by atoms with E-state index in [9.17, 15) is 9.59 Å². The molecule has 0 atom stereocenters. The van der Waals surface area contributed by atoms with Crippen molar-refractivity contribution in [2.75, 3.05) is 0 Å². The van der Waals surface area contributed by atoms with Gasteiger partial charge in [0.05, 0.1) is 6.42 Å². The molecule has 0 fully saturated rings. The minimum atomic E-state index is -0.312. The van der Waals surface area contributed by atoms with Gasteiger partial charge in [0.15, 0.2) is 5.78 Å². The van der Waals surface area contributed by atoms with Crippen LogP contribution in [0.2, 0.25) is 0 Å². The molecule has 0 aromatic heterocycles. The van der Waals surface area contributed by atoms with Crippen LogP contribution in [0.25, 0.3) is 0 Å². The topological polar surface area (TPSA) is 43.4 Å². The fourth-order valence-corrected chi connectivity index (χ4v) is 1.13. The predicted octanol–water partition coefficient (Wildman–Crippen LogP) is 0.882. The molecule has 0 amide bonds. The van der Waals surface area contributed by atoms with Crippen LogP contribution >= 0.6 is 0 Å². The normalized spacial score (nSPS) is 21.0. The lowest BCUT2D eigenvalue weighted by Crippen LogP contribution is -2.13. The Bertz CT molecular complexity index is 345. The first-order chi connectivity index (χ1) is 5.75. The van der Waals surface area contributed by atoms with E-state index in [2.05, 4.69) is 0 Å². The predicted molar refractivity (Wildman–Crippen MR) is 41.0 cm³/mol. The minimum absolute atomic E-state index is 0.142. The van der Waals surface area contributed by atoms with Gasteiger partial charge in [0, 0.05) is 11.6 Å². The molecule has 0 spiro atoms. The summed E-state index contributed by atoms with van der Waals surface area (Å²) in [6.45, 7) is 0. The van der Waals surface area contributed by atoms with Crippen LogP contribution in [0.4, 0.5) is 0 Å². The van der Waals surface area contributed by atoms with Gasteiger partial charge in [0.1, 0.15) is 5.76 Å². The van der Waals surface area contributed by atoms with Gasteiger partial charge >= 0.3 is 5.97 Å². The van der Waals surface area contributed by atoms with Crippen molar-refractivity contribution in [3.8, 4) is 0 Å². The Kier molecular flexibility index (Phi) is 1.43. The summed E-state index contributed by atoms with van der Waals surface area (Å²) in [5, 5.41) is 0. The first-order valence-electron chi connectivity index (χ1n) is 3.61. The molecule has 0 N–H and O–H groups in total. The summed E-state index contributed by atoms with van der Waals surface area (Å²) in [6, 6.07) is 0. The van der Waals surface area contributed by atoms with E-state index < -0.39 is 0 Å². The summed E-state index contributed by atoms with van der Waals surface area (Å²) in [4.78, 5) is 21.6. The van der Waals surface area contributed by atoms with Gasteiger partial charge in [-0.15, -0.1) is 0 Å². The van der Waals surface area contributed by atoms with Crippen molar-refractivity contribution in [2.24, 2.45) is 0 Å². The van der Waals surface area contributed by atoms with E-state index in [1.165, 1.54) is 12.2 Å². The number of carbonyl (C=O) groups is 2. The lowest BCUT2D eigenvalue weighted by molar-refractivity contribution is -0.138. The average Bonchev–Trinajstić information content (AvgIpc) is 2.03. The molecule has 0 bridgehead atoms. The molecule has 2 aliphatic rings. The summed E-state index contributed by atoms with van der Waals surface area (Å²) in [7, 11) is 0. The van der Waals surface area contributed by atoms with E-state index in [-0.39, 0.29) is 18.2 Å². The van der Waals surface area contributed by atoms with Crippen molar-refractivity contribution in [1.29, 1.82) is 0 Å². The summed E-state index contributed by atoms with van der Waals surface area (Å²) in [5.41, 5.74) is 0.814. The molecule has 60 valence electrons. The molecule has 12 heavy (non-hydrogen) atoms. The molecule has 0 aromatic rings. The molecule has 0 unspecified atom stereocenters. The molecular weight excluding hydrogens is 156 g/mol. The number of allylic oxidation sites excluding steroid dienone is 3. The van der Waals surface area contributed by atoms with E-state index in [1.807, 2.05) is 0 Å². The van der Waals surface area contributed by atoms with Crippen LogP contribution in [0, 0.1) is 0 Å². The summed E-state index contributed by atoms with van der Waals surface area (Å²) < 4.78 is 4.84. The molecule has 0 radical (unpaired) electrons. The molecule has 1 aliphatic heterocycles. The second-order valence-electron chi connectivity index (χ2n) is 2.58. The van der Waals surface area contributed by atoms with E-state index in [0.29, 0.717) is 5.76 Å². The number of rotatable bonds is 0. The summed E-state index contributed by atoms with van der Waals surface area (Å²) in [6.07, 6.45) is 6.47. The molecule has 3 heteroatoms. The fourth-order valence-electron chi connectivity index (χ4n) is 1.13. The zero-order chi connectivity index (χ0) is 8.55. The summed E-state index contributed by atoms with van der Waals surface area (Å²) in [5.74, 6) is -0.0799. The van der Waals surface area contributed by atoms with Crippen LogP contribution in [0.15, 0.2) is 35.6 Å². The lowest BCUT2D eigenvalue weighted by atomic mass is 10.0. The quantitative estimate of drug-likeness (QED) is 0.496. The Morgan fingerprint density at radius 2 is 2.08 bits per heavy atom. The molecule has 1 heterocycles. The van der Waals surface area contributed by atoms with Crippen LogP contribution in [-0.2, 0) is 14.3 Å². The first kappa shape index (κ1) is 7.03. The molecule has 1 aliphatic carbocycles. The maximum absolute atomic E-state index is 10.8. The lowest BCUT2D eigenvalue weighted by Gasteiger charge is -2.15. The smallest absolute Gasteiger partial charge is 0.315 e. The van der Waals surface area contributed by atoms with Crippen LogP contribution in [0.5, 0.6) is 0 Å². The van der Waals surface area contributed by atoms with Crippen LogP contribution < -0.4 is 0 Å². The first-order valence-corrected chi connectivity index (χ1v) is 3.61. The van der Waals surface area contributed by atoms with Gasteiger partial charge in [0.2, 0.25) is 0 Å². The molecule has 0 aromatic carbocycles. The average molecular weight is 162 g/mol. The Morgan fingerprint density at radius 1 is 1.25 bits per heavy atom. The summed E-state index contributed by atoms with van der Waals surface area (Å²) >= 11 is 0. The number of fused-ring (bicyclic) bond motifs is 1. The van der Waals surface area contributed by atoms with Gasteiger partial charge in [-0.1, -0.05) is 6.08 Å². The fraction of sp³-hybridized carbons (Fsp3) is 0.111. The van der Waals surface area contributed by atoms with Gasteiger partial charge in [-0.2, -0.15) is 0 Å². The second-order valence-corrected chi connectivity index (χ2v) is 2.58. The van der Waals surface area contributed by atoms with Gasteiger partial charge in [0.25, 0.3) is 0 Å². The zero-order valence-corrected chi connectivity index (χ0v) is 6.24. The van der Waals surface area contributed by atoms with Gasteiger partial charge < -0.3 is 4.74 Å². The Balaban J connectivity index is 2.41. The van der Waals surface area contributed by atoms with E-state index in [4.69, 9.17) is 4.74 Å².